The second kappa shape index (κ2) is 8.69. The van der Waals surface area contributed by atoms with Crippen molar-refractivity contribution in [1.82, 2.24) is 10.2 Å². The van der Waals surface area contributed by atoms with Crippen LogP contribution < -0.4 is 5.32 Å². The fourth-order valence-corrected chi connectivity index (χ4v) is 5.13. The Bertz CT molecular complexity index is 562. The van der Waals surface area contributed by atoms with Crippen molar-refractivity contribution in [3.05, 3.63) is 0 Å². The number of hydrogen-bond acceptors (Lipinski definition) is 5. The molecule has 7 nitrogen and oxygen atoms in total. The molecule has 2 aliphatic rings. The topological polar surface area (TPSA) is 88.1 Å². The molecule has 0 aliphatic carbocycles. The predicted octanol–water partition coefficient (Wildman–Crippen LogP) is 0.662. The molecule has 1 N–H and O–H groups in total. The number of rotatable bonds is 5. The van der Waals surface area contributed by atoms with Crippen LogP contribution >= 0.6 is 0 Å². The molecule has 0 bridgehead atoms. The molecular weight excluding hydrogens is 330 g/mol. The van der Waals surface area contributed by atoms with Crippen molar-refractivity contribution < 1.29 is 17.9 Å². The van der Waals surface area contributed by atoms with E-state index in [2.05, 4.69) is 15.2 Å². The van der Waals surface area contributed by atoms with Gasteiger partial charge in [-0.05, 0) is 39.0 Å². The van der Waals surface area contributed by atoms with Crippen molar-refractivity contribution in [3.63, 3.8) is 0 Å². The summed E-state index contributed by atoms with van der Waals surface area (Å²) in [5, 5.41) is 3.26. The van der Waals surface area contributed by atoms with Gasteiger partial charge in [0, 0.05) is 26.2 Å². The first-order chi connectivity index (χ1) is 11.4. The van der Waals surface area contributed by atoms with Crippen LogP contribution in [0, 0.1) is 11.8 Å². The standard InChI is InChI=1S/C16H29N3O4S/c1-3-17-16(18-10-13-7-9-24(21,22)12-13)19-8-5-6-14(11-19)15(20)23-4-2/h13-14H,3-12H2,1-2H3,(H,17,18). The van der Waals surface area contributed by atoms with Gasteiger partial charge in [0.15, 0.2) is 15.8 Å². The van der Waals surface area contributed by atoms with Crippen LogP contribution in [0.2, 0.25) is 0 Å². The number of guanidine groups is 1. The van der Waals surface area contributed by atoms with Crippen LogP contribution in [-0.2, 0) is 19.4 Å². The number of ether oxygens (including phenoxy) is 1. The Balaban J connectivity index is 1.98. The van der Waals surface area contributed by atoms with Gasteiger partial charge in [-0.15, -0.1) is 0 Å². The van der Waals surface area contributed by atoms with Crippen molar-refractivity contribution in [2.24, 2.45) is 16.8 Å². The Morgan fingerprint density at radius 3 is 2.75 bits per heavy atom. The van der Waals surface area contributed by atoms with Gasteiger partial charge in [0.25, 0.3) is 0 Å². The van der Waals surface area contributed by atoms with E-state index >= 15 is 0 Å². The van der Waals surface area contributed by atoms with Crippen LogP contribution in [0.5, 0.6) is 0 Å². The summed E-state index contributed by atoms with van der Waals surface area (Å²) in [6, 6.07) is 0. The first-order valence-electron chi connectivity index (χ1n) is 8.85. The van der Waals surface area contributed by atoms with Gasteiger partial charge < -0.3 is 15.0 Å². The number of hydrogen-bond donors (Lipinski definition) is 1. The number of likely N-dealkylation sites (tertiary alicyclic amines) is 1. The number of nitrogens with zero attached hydrogens (tertiary/aromatic N) is 2. The summed E-state index contributed by atoms with van der Waals surface area (Å²) in [5.74, 6) is 1.14. The Morgan fingerprint density at radius 1 is 1.33 bits per heavy atom. The van der Waals surface area contributed by atoms with Gasteiger partial charge in [0.1, 0.15) is 0 Å². The first kappa shape index (κ1) is 19.0. The van der Waals surface area contributed by atoms with E-state index < -0.39 is 9.84 Å². The third-order valence-corrected chi connectivity index (χ3v) is 6.34. The maximum atomic E-state index is 12.0. The lowest BCUT2D eigenvalue weighted by Gasteiger charge is -2.34. The quantitative estimate of drug-likeness (QED) is 0.441. The van der Waals surface area contributed by atoms with Gasteiger partial charge in [0.2, 0.25) is 0 Å². The van der Waals surface area contributed by atoms with E-state index in [4.69, 9.17) is 4.74 Å². The number of aliphatic imine (C=N–C) groups is 1. The van der Waals surface area contributed by atoms with Crippen molar-refractivity contribution in [3.8, 4) is 0 Å². The third-order valence-electron chi connectivity index (χ3n) is 4.50. The SMILES string of the molecule is CCNC(=NCC1CCS(=O)(=O)C1)N1CCCC(C(=O)OCC)C1. The molecule has 2 unspecified atom stereocenters. The lowest BCUT2D eigenvalue weighted by atomic mass is 9.98. The Kier molecular flexibility index (Phi) is 6.89. The predicted molar refractivity (Wildman–Crippen MR) is 93.7 cm³/mol. The molecule has 0 aromatic heterocycles. The molecule has 0 radical (unpaired) electrons. The Morgan fingerprint density at radius 2 is 2.12 bits per heavy atom. The third kappa shape index (κ3) is 5.36. The molecule has 0 aromatic rings. The fraction of sp³-hybridized carbons (Fsp3) is 0.875. The maximum absolute atomic E-state index is 12.0. The van der Waals surface area contributed by atoms with E-state index in [0.29, 0.717) is 26.1 Å². The monoisotopic (exact) mass is 359 g/mol. The minimum atomic E-state index is -2.87. The fourth-order valence-electron chi connectivity index (χ4n) is 3.28. The van der Waals surface area contributed by atoms with Gasteiger partial charge in [-0.2, -0.15) is 0 Å². The van der Waals surface area contributed by atoms with Crippen LogP contribution in [0.15, 0.2) is 4.99 Å². The van der Waals surface area contributed by atoms with Crippen LogP contribution in [0.3, 0.4) is 0 Å². The molecule has 2 rings (SSSR count). The number of sulfone groups is 1. The largest absolute Gasteiger partial charge is 0.466 e. The molecule has 2 aliphatic heterocycles. The van der Waals surface area contributed by atoms with E-state index in [1.165, 1.54) is 0 Å². The van der Waals surface area contributed by atoms with E-state index in [0.717, 1.165) is 31.9 Å². The highest BCUT2D eigenvalue weighted by atomic mass is 32.2. The first-order valence-corrected chi connectivity index (χ1v) is 10.7. The number of nitrogens with one attached hydrogen (secondary N) is 1. The molecule has 24 heavy (non-hydrogen) atoms. The summed E-state index contributed by atoms with van der Waals surface area (Å²) in [6.07, 6.45) is 2.46. The summed E-state index contributed by atoms with van der Waals surface area (Å²) in [7, 11) is -2.87. The van der Waals surface area contributed by atoms with E-state index in [9.17, 15) is 13.2 Å². The molecule has 0 saturated carbocycles. The van der Waals surface area contributed by atoms with Crippen LogP contribution in [0.1, 0.15) is 33.1 Å². The van der Waals surface area contributed by atoms with E-state index in [1.54, 1.807) is 0 Å². The van der Waals surface area contributed by atoms with E-state index in [1.807, 2.05) is 13.8 Å². The number of esters is 1. The zero-order valence-electron chi connectivity index (χ0n) is 14.7. The Labute approximate surface area is 144 Å². The molecule has 0 spiro atoms. The molecule has 8 heteroatoms. The normalized spacial score (nSPS) is 27.1. The molecule has 0 amide bonds. The lowest BCUT2D eigenvalue weighted by Crippen LogP contribution is -2.48. The second-order valence-electron chi connectivity index (χ2n) is 6.50. The van der Waals surface area contributed by atoms with Crippen molar-refractivity contribution in [1.29, 1.82) is 0 Å². The summed E-state index contributed by atoms with van der Waals surface area (Å²) < 4.78 is 28.3. The molecule has 2 fully saturated rings. The number of carbonyl (C=O) groups is 1. The van der Waals surface area contributed by atoms with Gasteiger partial charge in [-0.1, -0.05) is 0 Å². The van der Waals surface area contributed by atoms with Crippen LogP contribution in [0.25, 0.3) is 0 Å². The molecule has 2 atom stereocenters. The average molecular weight is 359 g/mol. The van der Waals surface area contributed by atoms with Gasteiger partial charge in [-0.25, -0.2) is 8.42 Å². The lowest BCUT2D eigenvalue weighted by molar-refractivity contribution is -0.149. The minimum absolute atomic E-state index is 0.106. The smallest absolute Gasteiger partial charge is 0.310 e. The van der Waals surface area contributed by atoms with Crippen molar-refractivity contribution in [2.45, 2.75) is 33.1 Å². The number of piperidine rings is 1. The maximum Gasteiger partial charge on any atom is 0.310 e. The Hall–Kier alpha value is -1.31. The summed E-state index contributed by atoms with van der Waals surface area (Å²) in [6.45, 7) is 6.94. The molecule has 0 aromatic carbocycles. The van der Waals surface area contributed by atoms with E-state index in [-0.39, 0.29) is 29.3 Å². The zero-order valence-corrected chi connectivity index (χ0v) is 15.5. The molecular formula is C16H29N3O4S. The summed E-state index contributed by atoms with van der Waals surface area (Å²) in [4.78, 5) is 18.7. The zero-order chi connectivity index (χ0) is 17.6. The molecule has 2 saturated heterocycles. The van der Waals surface area contributed by atoms with Crippen LogP contribution in [-0.4, -0.2) is 69.5 Å². The van der Waals surface area contributed by atoms with Crippen LogP contribution in [0.4, 0.5) is 0 Å². The highest BCUT2D eigenvalue weighted by Crippen LogP contribution is 2.20. The average Bonchev–Trinajstić information content (AvgIpc) is 2.91. The van der Waals surface area contributed by atoms with Gasteiger partial charge in [-0.3, -0.25) is 9.79 Å². The number of carbonyl (C=O) groups excluding carboxylic acids is 1. The van der Waals surface area contributed by atoms with Gasteiger partial charge in [0.05, 0.1) is 24.0 Å². The summed E-state index contributed by atoms with van der Waals surface area (Å²) in [5.41, 5.74) is 0. The minimum Gasteiger partial charge on any atom is -0.466 e. The molecule has 138 valence electrons. The van der Waals surface area contributed by atoms with Crippen molar-refractivity contribution >= 4 is 21.8 Å². The highest BCUT2D eigenvalue weighted by Gasteiger charge is 2.30. The summed E-state index contributed by atoms with van der Waals surface area (Å²) >= 11 is 0. The van der Waals surface area contributed by atoms with Gasteiger partial charge >= 0.3 is 5.97 Å². The highest BCUT2D eigenvalue weighted by molar-refractivity contribution is 7.91. The van der Waals surface area contributed by atoms with Crippen molar-refractivity contribution in [2.75, 3.05) is 44.3 Å². The molecule has 2 heterocycles. The second-order valence-corrected chi connectivity index (χ2v) is 8.73.